The monoisotopic (exact) mass is 312 g/mol. The molecular weight excluding hydrogens is 292 g/mol. The van der Waals surface area contributed by atoms with Gasteiger partial charge in [0, 0.05) is 17.7 Å². The van der Waals surface area contributed by atoms with Crippen LogP contribution in [0.5, 0.6) is 0 Å². The highest BCUT2D eigenvalue weighted by molar-refractivity contribution is 5.98. The summed E-state index contributed by atoms with van der Waals surface area (Å²) in [6.45, 7) is 4.71. The molecule has 0 spiro atoms. The Labute approximate surface area is 143 Å². The Bertz CT molecular complexity index is 974. The molecule has 0 aromatic heterocycles. The molecule has 0 fully saturated rings. The highest BCUT2D eigenvalue weighted by atomic mass is 16.5. The second kappa shape index (κ2) is 5.82. The van der Waals surface area contributed by atoms with E-state index in [0.29, 0.717) is 6.61 Å². The van der Waals surface area contributed by atoms with Gasteiger partial charge in [-0.1, -0.05) is 73.5 Å². The molecule has 1 heteroatoms. The van der Waals surface area contributed by atoms with Crippen LogP contribution in [-0.2, 0) is 10.3 Å². The minimum atomic E-state index is -0.669. The van der Waals surface area contributed by atoms with Gasteiger partial charge in [-0.05, 0) is 35.2 Å². The fourth-order valence-corrected chi connectivity index (χ4v) is 3.78. The second-order valence-corrected chi connectivity index (χ2v) is 6.16. The van der Waals surface area contributed by atoms with E-state index in [2.05, 4.69) is 79.4 Å². The topological polar surface area (TPSA) is 9.23 Å². The van der Waals surface area contributed by atoms with Crippen LogP contribution in [0.2, 0.25) is 0 Å². The standard InChI is InChI=1S/C23H20O/c1-3-15-23(24-16-4-2)21-12-8-7-11-19(21)20-14-13-17-9-5-6-10-18(17)22(20)23/h5-14H,4,16H2,1-2H3. The van der Waals surface area contributed by atoms with Crippen molar-refractivity contribution in [2.24, 2.45) is 0 Å². The summed E-state index contributed by atoms with van der Waals surface area (Å²) in [4.78, 5) is 0. The molecule has 0 bridgehead atoms. The lowest BCUT2D eigenvalue weighted by molar-refractivity contribution is 0.0310. The van der Waals surface area contributed by atoms with Crippen molar-refractivity contribution in [3.05, 3.63) is 71.8 Å². The Hall–Kier alpha value is -2.56. The van der Waals surface area contributed by atoms with Gasteiger partial charge in [-0.25, -0.2) is 0 Å². The van der Waals surface area contributed by atoms with E-state index in [-0.39, 0.29) is 0 Å². The molecular formula is C23H20O. The van der Waals surface area contributed by atoms with Gasteiger partial charge in [0.25, 0.3) is 0 Å². The fraction of sp³-hybridized carbons (Fsp3) is 0.217. The molecule has 1 aliphatic carbocycles. The maximum Gasteiger partial charge on any atom is 0.181 e. The Kier molecular flexibility index (Phi) is 3.63. The molecule has 1 aliphatic rings. The third kappa shape index (κ3) is 2.00. The number of hydrogen-bond acceptors (Lipinski definition) is 1. The van der Waals surface area contributed by atoms with Crippen molar-refractivity contribution < 1.29 is 4.74 Å². The second-order valence-electron chi connectivity index (χ2n) is 6.16. The number of fused-ring (bicyclic) bond motifs is 5. The van der Waals surface area contributed by atoms with Crippen molar-refractivity contribution in [1.82, 2.24) is 0 Å². The van der Waals surface area contributed by atoms with Crippen LogP contribution in [-0.4, -0.2) is 6.61 Å². The van der Waals surface area contributed by atoms with Crippen LogP contribution in [0, 0.1) is 11.8 Å². The highest BCUT2D eigenvalue weighted by Gasteiger charge is 2.44. The molecule has 0 N–H and O–H groups in total. The van der Waals surface area contributed by atoms with Crippen molar-refractivity contribution in [2.75, 3.05) is 6.61 Å². The lowest BCUT2D eigenvalue weighted by Crippen LogP contribution is -2.28. The van der Waals surface area contributed by atoms with E-state index in [1.165, 1.54) is 33.0 Å². The van der Waals surface area contributed by atoms with Crippen LogP contribution in [0.4, 0.5) is 0 Å². The highest BCUT2D eigenvalue weighted by Crippen LogP contribution is 2.52. The van der Waals surface area contributed by atoms with Gasteiger partial charge in [-0.15, -0.1) is 5.92 Å². The molecule has 118 valence electrons. The molecule has 1 unspecified atom stereocenters. The summed E-state index contributed by atoms with van der Waals surface area (Å²) in [6.07, 6.45) is 0.968. The number of ether oxygens (including phenoxy) is 1. The van der Waals surface area contributed by atoms with Crippen LogP contribution >= 0.6 is 0 Å². The van der Waals surface area contributed by atoms with E-state index in [1.807, 2.05) is 6.92 Å². The first-order valence-electron chi connectivity index (χ1n) is 8.52. The summed E-state index contributed by atoms with van der Waals surface area (Å²) in [5.74, 6) is 6.56. The minimum Gasteiger partial charge on any atom is -0.354 e. The Morgan fingerprint density at radius 2 is 1.71 bits per heavy atom. The third-order valence-corrected chi connectivity index (χ3v) is 4.70. The van der Waals surface area contributed by atoms with Gasteiger partial charge in [0.05, 0.1) is 0 Å². The van der Waals surface area contributed by atoms with Crippen LogP contribution in [0.1, 0.15) is 31.4 Å². The van der Waals surface area contributed by atoms with Crippen molar-refractivity contribution in [1.29, 1.82) is 0 Å². The molecule has 0 amide bonds. The molecule has 4 rings (SSSR count). The summed E-state index contributed by atoms with van der Waals surface area (Å²) in [5, 5.41) is 2.46. The van der Waals surface area contributed by atoms with E-state index >= 15 is 0 Å². The average molecular weight is 312 g/mol. The molecule has 24 heavy (non-hydrogen) atoms. The molecule has 0 radical (unpaired) electrons. The van der Waals surface area contributed by atoms with Crippen LogP contribution in [0.3, 0.4) is 0 Å². The molecule has 3 aromatic rings. The lowest BCUT2D eigenvalue weighted by Gasteiger charge is -2.27. The van der Waals surface area contributed by atoms with Crippen molar-refractivity contribution in [2.45, 2.75) is 25.9 Å². The molecule has 3 aromatic carbocycles. The molecule has 0 aliphatic heterocycles. The summed E-state index contributed by atoms with van der Waals surface area (Å²) >= 11 is 0. The zero-order chi connectivity index (χ0) is 16.6. The largest absolute Gasteiger partial charge is 0.354 e. The Morgan fingerprint density at radius 1 is 0.917 bits per heavy atom. The van der Waals surface area contributed by atoms with Gasteiger partial charge in [0.15, 0.2) is 5.60 Å². The lowest BCUT2D eigenvalue weighted by atomic mass is 9.88. The molecule has 1 nitrogen and oxygen atoms in total. The average Bonchev–Trinajstić information content (AvgIpc) is 2.91. The molecule has 0 saturated carbocycles. The third-order valence-electron chi connectivity index (χ3n) is 4.70. The molecule has 0 heterocycles. The van der Waals surface area contributed by atoms with Crippen LogP contribution in [0.25, 0.3) is 21.9 Å². The maximum absolute atomic E-state index is 6.47. The van der Waals surface area contributed by atoms with Gasteiger partial charge in [-0.2, -0.15) is 0 Å². The normalized spacial score (nSPS) is 17.9. The van der Waals surface area contributed by atoms with Crippen LogP contribution in [0.15, 0.2) is 60.7 Å². The SMILES string of the molecule is CC#CC1(OCCC)c2ccccc2-c2ccc3ccccc3c21. The first-order valence-corrected chi connectivity index (χ1v) is 8.52. The summed E-state index contributed by atoms with van der Waals surface area (Å²) in [7, 11) is 0. The van der Waals surface area contributed by atoms with Gasteiger partial charge in [0.1, 0.15) is 0 Å². The quantitative estimate of drug-likeness (QED) is 0.579. The molecule has 1 atom stereocenters. The summed E-state index contributed by atoms with van der Waals surface area (Å²) in [5.41, 5.74) is 4.17. The Balaban J connectivity index is 2.13. The van der Waals surface area contributed by atoms with Gasteiger partial charge in [0.2, 0.25) is 0 Å². The number of benzene rings is 3. The van der Waals surface area contributed by atoms with Crippen LogP contribution < -0.4 is 0 Å². The first-order chi connectivity index (χ1) is 11.8. The van der Waals surface area contributed by atoms with E-state index < -0.39 is 5.60 Å². The van der Waals surface area contributed by atoms with E-state index in [9.17, 15) is 0 Å². The summed E-state index contributed by atoms with van der Waals surface area (Å²) in [6, 6.07) is 21.4. The zero-order valence-electron chi connectivity index (χ0n) is 14.1. The fourth-order valence-electron chi connectivity index (χ4n) is 3.78. The Morgan fingerprint density at radius 3 is 2.54 bits per heavy atom. The smallest absolute Gasteiger partial charge is 0.181 e. The van der Waals surface area contributed by atoms with E-state index in [0.717, 1.165) is 6.42 Å². The van der Waals surface area contributed by atoms with Gasteiger partial charge >= 0.3 is 0 Å². The number of rotatable bonds is 3. The maximum atomic E-state index is 6.47. The first kappa shape index (κ1) is 15.0. The van der Waals surface area contributed by atoms with E-state index in [4.69, 9.17) is 4.74 Å². The predicted molar refractivity (Wildman–Crippen MR) is 99.9 cm³/mol. The van der Waals surface area contributed by atoms with E-state index in [1.54, 1.807) is 0 Å². The van der Waals surface area contributed by atoms with Crippen molar-refractivity contribution in [3.8, 4) is 23.0 Å². The predicted octanol–water partition coefficient (Wildman–Crippen LogP) is 5.51. The molecule has 0 saturated heterocycles. The van der Waals surface area contributed by atoms with Crippen molar-refractivity contribution >= 4 is 10.8 Å². The minimum absolute atomic E-state index is 0.669. The van der Waals surface area contributed by atoms with Gasteiger partial charge < -0.3 is 4.74 Å². The zero-order valence-corrected chi connectivity index (χ0v) is 14.1. The van der Waals surface area contributed by atoms with Gasteiger partial charge in [-0.3, -0.25) is 0 Å². The summed E-state index contributed by atoms with van der Waals surface area (Å²) < 4.78 is 6.47. The number of hydrogen-bond donors (Lipinski definition) is 0. The van der Waals surface area contributed by atoms with Crippen molar-refractivity contribution in [3.63, 3.8) is 0 Å².